The second kappa shape index (κ2) is 7.06. The highest BCUT2D eigenvalue weighted by atomic mass is 79.9. The highest BCUT2D eigenvalue weighted by Crippen LogP contribution is 2.35. The molecule has 1 aliphatic rings. The smallest absolute Gasteiger partial charge is 0.0502 e. The SMILES string of the molecule is CCC(N)C(c1cccc(Br)c1)N(CC1CC1)C(C)C. The van der Waals surface area contributed by atoms with Crippen LogP contribution in [0.5, 0.6) is 0 Å². The Bertz CT molecular complexity index is 429. The second-order valence-corrected chi connectivity index (χ2v) is 7.22. The first kappa shape index (κ1) is 16.0. The zero-order valence-corrected chi connectivity index (χ0v) is 14.4. The zero-order chi connectivity index (χ0) is 14.7. The Morgan fingerprint density at radius 1 is 1.35 bits per heavy atom. The number of halogens is 1. The van der Waals surface area contributed by atoms with Gasteiger partial charge in [0.05, 0.1) is 6.04 Å². The van der Waals surface area contributed by atoms with Crippen molar-refractivity contribution in [3.05, 3.63) is 34.3 Å². The summed E-state index contributed by atoms with van der Waals surface area (Å²) >= 11 is 3.59. The zero-order valence-electron chi connectivity index (χ0n) is 12.8. The first-order valence-electron chi connectivity index (χ1n) is 7.79. The molecule has 0 radical (unpaired) electrons. The molecule has 0 heterocycles. The molecule has 2 nitrogen and oxygen atoms in total. The lowest BCUT2D eigenvalue weighted by Crippen LogP contribution is -2.45. The van der Waals surface area contributed by atoms with Crippen LogP contribution in [0.4, 0.5) is 0 Å². The topological polar surface area (TPSA) is 29.3 Å². The van der Waals surface area contributed by atoms with E-state index in [4.69, 9.17) is 5.73 Å². The predicted molar refractivity (Wildman–Crippen MR) is 89.7 cm³/mol. The summed E-state index contributed by atoms with van der Waals surface area (Å²) in [5, 5.41) is 0. The Morgan fingerprint density at radius 2 is 2.05 bits per heavy atom. The molecule has 20 heavy (non-hydrogen) atoms. The van der Waals surface area contributed by atoms with Crippen LogP contribution in [0.1, 0.15) is 51.6 Å². The normalized spacial score (nSPS) is 18.6. The van der Waals surface area contributed by atoms with E-state index in [1.807, 2.05) is 0 Å². The molecular weight excluding hydrogens is 312 g/mol. The van der Waals surface area contributed by atoms with Gasteiger partial charge in [-0.15, -0.1) is 0 Å². The van der Waals surface area contributed by atoms with Crippen molar-refractivity contribution >= 4 is 15.9 Å². The molecule has 2 N–H and O–H groups in total. The Kier molecular flexibility index (Phi) is 5.65. The maximum absolute atomic E-state index is 6.48. The van der Waals surface area contributed by atoms with E-state index < -0.39 is 0 Å². The average molecular weight is 339 g/mol. The molecule has 1 fully saturated rings. The molecule has 1 aromatic rings. The monoisotopic (exact) mass is 338 g/mol. The van der Waals surface area contributed by atoms with E-state index >= 15 is 0 Å². The fourth-order valence-corrected chi connectivity index (χ4v) is 3.26. The molecule has 1 saturated carbocycles. The highest BCUT2D eigenvalue weighted by molar-refractivity contribution is 9.10. The minimum Gasteiger partial charge on any atom is -0.326 e. The van der Waals surface area contributed by atoms with E-state index in [9.17, 15) is 0 Å². The van der Waals surface area contributed by atoms with Gasteiger partial charge in [-0.2, -0.15) is 0 Å². The number of hydrogen-bond donors (Lipinski definition) is 1. The first-order chi connectivity index (χ1) is 9.52. The summed E-state index contributed by atoms with van der Waals surface area (Å²) in [5.41, 5.74) is 7.81. The number of nitrogens with zero attached hydrogens (tertiary/aromatic N) is 1. The summed E-state index contributed by atoms with van der Waals surface area (Å²) in [7, 11) is 0. The molecule has 1 aromatic carbocycles. The number of benzene rings is 1. The minimum atomic E-state index is 0.186. The van der Waals surface area contributed by atoms with Gasteiger partial charge < -0.3 is 5.73 Å². The summed E-state index contributed by atoms with van der Waals surface area (Å²) in [5.74, 6) is 0.885. The first-order valence-corrected chi connectivity index (χ1v) is 8.59. The number of nitrogens with two attached hydrogens (primary N) is 1. The van der Waals surface area contributed by atoms with E-state index in [0.717, 1.165) is 16.8 Å². The standard InChI is InChI=1S/C17H27BrN2/c1-4-16(19)17(14-6-5-7-15(18)10-14)20(12(2)3)11-13-8-9-13/h5-7,10,12-13,16-17H,4,8-9,11,19H2,1-3H3. The molecule has 0 amide bonds. The largest absolute Gasteiger partial charge is 0.326 e. The molecule has 112 valence electrons. The number of rotatable bonds is 7. The molecule has 2 unspecified atom stereocenters. The van der Waals surface area contributed by atoms with Crippen molar-refractivity contribution in [2.24, 2.45) is 11.7 Å². The van der Waals surface area contributed by atoms with Crippen molar-refractivity contribution in [1.82, 2.24) is 4.90 Å². The molecule has 0 aromatic heterocycles. The van der Waals surface area contributed by atoms with Gasteiger partial charge in [0.2, 0.25) is 0 Å². The van der Waals surface area contributed by atoms with E-state index in [1.165, 1.54) is 24.9 Å². The van der Waals surface area contributed by atoms with Gasteiger partial charge in [0.25, 0.3) is 0 Å². The Balaban J connectivity index is 2.28. The van der Waals surface area contributed by atoms with Gasteiger partial charge in [0.1, 0.15) is 0 Å². The maximum Gasteiger partial charge on any atom is 0.0502 e. The van der Waals surface area contributed by atoms with Crippen LogP contribution < -0.4 is 5.73 Å². The molecular formula is C17H27BrN2. The summed E-state index contributed by atoms with van der Waals surface area (Å²) < 4.78 is 1.14. The van der Waals surface area contributed by atoms with Crippen molar-refractivity contribution < 1.29 is 0 Å². The van der Waals surface area contributed by atoms with Crippen molar-refractivity contribution in [2.75, 3.05) is 6.54 Å². The maximum atomic E-state index is 6.48. The number of hydrogen-bond acceptors (Lipinski definition) is 2. The molecule has 0 bridgehead atoms. The summed E-state index contributed by atoms with van der Waals surface area (Å²) in [6.45, 7) is 7.94. The van der Waals surface area contributed by atoms with Gasteiger partial charge in [0, 0.05) is 23.1 Å². The lowest BCUT2D eigenvalue weighted by atomic mass is 9.95. The van der Waals surface area contributed by atoms with Gasteiger partial charge in [0.15, 0.2) is 0 Å². The second-order valence-electron chi connectivity index (χ2n) is 6.31. The fraction of sp³-hybridized carbons (Fsp3) is 0.647. The predicted octanol–water partition coefficient (Wildman–Crippen LogP) is 4.35. The molecule has 0 spiro atoms. The van der Waals surface area contributed by atoms with Crippen LogP contribution in [-0.2, 0) is 0 Å². The van der Waals surface area contributed by atoms with Gasteiger partial charge in [-0.1, -0.05) is 35.0 Å². The summed E-state index contributed by atoms with van der Waals surface area (Å²) in [6.07, 6.45) is 3.77. The third kappa shape index (κ3) is 4.06. The molecule has 0 saturated heterocycles. The molecule has 1 aliphatic carbocycles. The molecule has 2 rings (SSSR count). The van der Waals surface area contributed by atoms with Crippen LogP contribution >= 0.6 is 15.9 Å². The quantitative estimate of drug-likeness (QED) is 0.800. The molecule has 2 atom stereocenters. The minimum absolute atomic E-state index is 0.186. The molecule has 3 heteroatoms. The lowest BCUT2D eigenvalue weighted by Gasteiger charge is -2.38. The highest BCUT2D eigenvalue weighted by Gasteiger charge is 2.32. The van der Waals surface area contributed by atoms with E-state index in [0.29, 0.717) is 12.1 Å². The van der Waals surface area contributed by atoms with Crippen molar-refractivity contribution in [3.63, 3.8) is 0 Å². The third-order valence-electron chi connectivity index (χ3n) is 4.25. The van der Waals surface area contributed by atoms with Crippen molar-refractivity contribution in [1.29, 1.82) is 0 Å². The van der Waals surface area contributed by atoms with E-state index in [1.54, 1.807) is 0 Å². The summed E-state index contributed by atoms with van der Waals surface area (Å²) in [4.78, 5) is 2.60. The Hall–Kier alpha value is -0.380. The van der Waals surface area contributed by atoms with Crippen LogP contribution in [0.15, 0.2) is 28.7 Å². The molecule has 0 aliphatic heterocycles. The van der Waals surface area contributed by atoms with Gasteiger partial charge >= 0.3 is 0 Å². The van der Waals surface area contributed by atoms with Crippen LogP contribution in [0.2, 0.25) is 0 Å². The summed E-state index contributed by atoms with van der Waals surface area (Å²) in [6, 6.07) is 9.67. The van der Waals surface area contributed by atoms with E-state index in [2.05, 4.69) is 65.9 Å². The van der Waals surface area contributed by atoms with Crippen LogP contribution in [-0.4, -0.2) is 23.5 Å². The van der Waals surface area contributed by atoms with Gasteiger partial charge in [-0.05, 0) is 56.7 Å². The third-order valence-corrected chi connectivity index (χ3v) is 4.75. The fourth-order valence-electron chi connectivity index (χ4n) is 2.84. The van der Waals surface area contributed by atoms with Crippen molar-refractivity contribution in [2.45, 2.75) is 58.2 Å². The Morgan fingerprint density at radius 3 is 2.55 bits per heavy atom. The van der Waals surface area contributed by atoms with Crippen LogP contribution in [0, 0.1) is 5.92 Å². The Labute approximate surface area is 131 Å². The van der Waals surface area contributed by atoms with Gasteiger partial charge in [-0.3, -0.25) is 4.90 Å². The van der Waals surface area contributed by atoms with Crippen LogP contribution in [0.3, 0.4) is 0 Å². The van der Waals surface area contributed by atoms with Gasteiger partial charge in [-0.25, -0.2) is 0 Å². The van der Waals surface area contributed by atoms with E-state index in [-0.39, 0.29) is 6.04 Å². The van der Waals surface area contributed by atoms with Crippen LogP contribution in [0.25, 0.3) is 0 Å². The average Bonchev–Trinajstić information content (AvgIpc) is 3.21. The lowest BCUT2D eigenvalue weighted by molar-refractivity contribution is 0.123. The van der Waals surface area contributed by atoms with Crippen molar-refractivity contribution in [3.8, 4) is 0 Å².